The van der Waals surface area contributed by atoms with Crippen LogP contribution in [0.2, 0.25) is 0 Å². The quantitative estimate of drug-likeness (QED) is 0.725. The van der Waals surface area contributed by atoms with Crippen LogP contribution < -0.4 is 10.6 Å². The summed E-state index contributed by atoms with van der Waals surface area (Å²) in [5, 5.41) is 7.78. The molecule has 0 saturated carbocycles. The maximum Gasteiger partial charge on any atom is 0.323 e. The third kappa shape index (κ3) is 5.52. The lowest BCUT2D eigenvalue weighted by molar-refractivity contribution is -0.130. The highest BCUT2D eigenvalue weighted by Gasteiger charge is 2.23. The number of carbonyl (C=O) groups is 3. The molecule has 10 heteroatoms. The molecule has 0 atom stereocenters. The number of thiazole rings is 1. The molecule has 1 aromatic heterocycles. The number of amides is 4. The Kier molecular flexibility index (Phi) is 6.63. The molecule has 2 N–H and O–H groups in total. The van der Waals surface area contributed by atoms with Crippen molar-refractivity contribution in [3.63, 3.8) is 0 Å². The van der Waals surface area contributed by atoms with E-state index in [2.05, 4.69) is 31.5 Å². The van der Waals surface area contributed by atoms with Crippen molar-refractivity contribution in [2.45, 2.75) is 13.3 Å². The van der Waals surface area contributed by atoms with Gasteiger partial charge in [-0.1, -0.05) is 22.0 Å². The fourth-order valence-electron chi connectivity index (χ4n) is 2.78. The van der Waals surface area contributed by atoms with Gasteiger partial charge in [0.1, 0.15) is 0 Å². The first kappa shape index (κ1) is 20.3. The van der Waals surface area contributed by atoms with Gasteiger partial charge < -0.3 is 15.1 Å². The first-order chi connectivity index (χ1) is 13.4. The molecule has 0 bridgehead atoms. The van der Waals surface area contributed by atoms with Gasteiger partial charge in [0, 0.05) is 48.6 Å². The van der Waals surface area contributed by atoms with Gasteiger partial charge in [0.05, 0.1) is 12.1 Å². The van der Waals surface area contributed by atoms with Gasteiger partial charge in [0.15, 0.2) is 5.13 Å². The second-order valence-corrected chi connectivity index (χ2v) is 8.08. The first-order valence-electron chi connectivity index (χ1n) is 8.72. The van der Waals surface area contributed by atoms with Gasteiger partial charge in [-0.2, -0.15) is 0 Å². The van der Waals surface area contributed by atoms with Gasteiger partial charge in [-0.3, -0.25) is 14.9 Å². The number of benzene rings is 1. The van der Waals surface area contributed by atoms with Crippen molar-refractivity contribution in [2.75, 3.05) is 36.8 Å². The van der Waals surface area contributed by atoms with Crippen LogP contribution in [0.3, 0.4) is 0 Å². The van der Waals surface area contributed by atoms with Crippen LogP contribution in [0.1, 0.15) is 12.6 Å². The topological polar surface area (TPSA) is 94.6 Å². The molecule has 3 rings (SSSR count). The van der Waals surface area contributed by atoms with E-state index in [-0.39, 0.29) is 24.3 Å². The molecule has 28 heavy (non-hydrogen) atoms. The molecule has 0 aliphatic carbocycles. The van der Waals surface area contributed by atoms with Crippen molar-refractivity contribution in [3.05, 3.63) is 39.8 Å². The van der Waals surface area contributed by atoms with Crippen molar-refractivity contribution < 1.29 is 14.4 Å². The summed E-state index contributed by atoms with van der Waals surface area (Å²) >= 11 is 4.64. The van der Waals surface area contributed by atoms with Gasteiger partial charge in [-0.25, -0.2) is 9.78 Å². The first-order valence-corrected chi connectivity index (χ1v) is 10.4. The van der Waals surface area contributed by atoms with Crippen molar-refractivity contribution >= 4 is 55.9 Å². The molecule has 0 unspecified atom stereocenters. The second-order valence-electron chi connectivity index (χ2n) is 6.30. The zero-order valence-corrected chi connectivity index (χ0v) is 17.7. The molecule has 0 spiro atoms. The van der Waals surface area contributed by atoms with Gasteiger partial charge >= 0.3 is 6.03 Å². The number of halogens is 1. The summed E-state index contributed by atoms with van der Waals surface area (Å²) in [4.78, 5) is 43.5. The fraction of sp³-hybridized carbons (Fsp3) is 0.333. The van der Waals surface area contributed by atoms with Crippen molar-refractivity contribution in [3.8, 4) is 0 Å². The standard InChI is InChI=1S/C18H20BrN5O3S/c1-12(25)23-5-7-24(8-6-23)18(27)22-17-21-15(11-28-17)10-16(26)20-14-4-2-3-13(19)9-14/h2-4,9,11H,5-8,10H2,1H3,(H,20,26)(H,21,22,27). The minimum absolute atomic E-state index is 0.0192. The highest BCUT2D eigenvalue weighted by atomic mass is 79.9. The van der Waals surface area contributed by atoms with E-state index in [1.54, 1.807) is 21.2 Å². The maximum absolute atomic E-state index is 12.3. The normalized spacial score (nSPS) is 13.9. The third-order valence-corrected chi connectivity index (χ3v) is 5.53. The molecule has 1 saturated heterocycles. The van der Waals surface area contributed by atoms with Crippen LogP contribution in [-0.2, 0) is 16.0 Å². The van der Waals surface area contributed by atoms with E-state index < -0.39 is 0 Å². The molecule has 2 heterocycles. The summed E-state index contributed by atoms with van der Waals surface area (Å²) < 4.78 is 0.882. The summed E-state index contributed by atoms with van der Waals surface area (Å²) in [6.07, 6.45) is 0.121. The van der Waals surface area contributed by atoms with Crippen LogP contribution >= 0.6 is 27.3 Å². The predicted octanol–water partition coefficient (Wildman–Crippen LogP) is 2.78. The van der Waals surface area contributed by atoms with E-state index in [1.165, 1.54) is 18.3 Å². The summed E-state index contributed by atoms with van der Waals surface area (Å²) in [5.74, 6) is -0.160. The number of urea groups is 1. The summed E-state index contributed by atoms with van der Waals surface area (Å²) in [5.41, 5.74) is 1.29. The van der Waals surface area contributed by atoms with Crippen LogP contribution in [0.25, 0.3) is 0 Å². The largest absolute Gasteiger partial charge is 0.339 e. The Morgan fingerprint density at radius 3 is 2.54 bits per heavy atom. The Balaban J connectivity index is 1.49. The van der Waals surface area contributed by atoms with Gasteiger partial charge in [-0.15, -0.1) is 11.3 Å². The van der Waals surface area contributed by atoms with Crippen LogP contribution in [0, 0.1) is 0 Å². The van der Waals surface area contributed by atoms with Crippen LogP contribution in [0.5, 0.6) is 0 Å². The van der Waals surface area contributed by atoms with E-state index >= 15 is 0 Å². The number of aromatic nitrogens is 1. The fourth-order valence-corrected chi connectivity index (χ4v) is 3.88. The lowest BCUT2D eigenvalue weighted by Crippen LogP contribution is -2.51. The molecule has 1 fully saturated rings. The molecule has 4 amide bonds. The predicted molar refractivity (Wildman–Crippen MR) is 111 cm³/mol. The average Bonchev–Trinajstić information content (AvgIpc) is 3.08. The third-order valence-electron chi connectivity index (χ3n) is 4.23. The number of nitrogens with zero attached hydrogens (tertiary/aromatic N) is 3. The Labute approximate surface area is 175 Å². The molecule has 8 nitrogen and oxygen atoms in total. The smallest absolute Gasteiger partial charge is 0.323 e. The van der Waals surface area contributed by atoms with Crippen molar-refractivity contribution in [1.82, 2.24) is 14.8 Å². The summed E-state index contributed by atoms with van der Waals surface area (Å²) in [7, 11) is 0. The molecule has 1 aromatic carbocycles. The molecular formula is C18H20BrN5O3S. The minimum atomic E-state index is -0.248. The van der Waals surface area contributed by atoms with E-state index in [1.807, 2.05) is 18.2 Å². The Morgan fingerprint density at radius 1 is 1.14 bits per heavy atom. The lowest BCUT2D eigenvalue weighted by atomic mass is 10.3. The number of hydrogen-bond donors (Lipinski definition) is 2. The highest BCUT2D eigenvalue weighted by Crippen LogP contribution is 2.19. The molecule has 2 aromatic rings. The van der Waals surface area contributed by atoms with Crippen LogP contribution in [0.15, 0.2) is 34.1 Å². The molecular weight excluding hydrogens is 446 g/mol. The van der Waals surface area contributed by atoms with Gasteiger partial charge in [0.2, 0.25) is 11.8 Å². The zero-order valence-electron chi connectivity index (χ0n) is 15.3. The molecule has 0 radical (unpaired) electrons. The van der Waals surface area contributed by atoms with E-state index in [0.29, 0.717) is 42.7 Å². The Morgan fingerprint density at radius 2 is 1.86 bits per heavy atom. The van der Waals surface area contributed by atoms with E-state index in [0.717, 1.165) is 4.47 Å². The Bertz CT molecular complexity index is 880. The molecule has 148 valence electrons. The SMILES string of the molecule is CC(=O)N1CCN(C(=O)Nc2nc(CC(=O)Nc3cccc(Br)c3)cs2)CC1. The number of hydrogen-bond acceptors (Lipinski definition) is 5. The van der Waals surface area contributed by atoms with Gasteiger partial charge in [-0.05, 0) is 18.2 Å². The minimum Gasteiger partial charge on any atom is -0.339 e. The van der Waals surface area contributed by atoms with E-state index in [9.17, 15) is 14.4 Å². The number of nitrogens with one attached hydrogen (secondary N) is 2. The maximum atomic E-state index is 12.3. The van der Waals surface area contributed by atoms with Crippen LogP contribution in [-0.4, -0.2) is 58.8 Å². The molecule has 1 aliphatic heterocycles. The summed E-state index contributed by atoms with van der Waals surface area (Å²) in [6, 6.07) is 7.09. The Hall–Kier alpha value is -2.46. The highest BCUT2D eigenvalue weighted by molar-refractivity contribution is 9.10. The van der Waals surface area contributed by atoms with Crippen molar-refractivity contribution in [2.24, 2.45) is 0 Å². The number of piperazine rings is 1. The zero-order chi connectivity index (χ0) is 20.1. The van der Waals surface area contributed by atoms with E-state index in [4.69, 9.17) is 0 Å². The average molecular weight is 466 g/mol. The lowest BCUT2D eigenvalue weighted by Gasteiger charge is -2.33. The monoisotopic (exact) mass is 465 g/mol. The van der Waals surface area contributed by atoms with Crippen molar-refractivity contribution in [1.29, 1.82) is 0 Å². The number of anilines is 2. The number of carbonyl (C=O) groups excluding carboxylic acids is 3. The number of rotatable bonds is 4. The second kappa shape index (κ2) is 9.16. The summed E-state index contributed by atoms with van der Waals surface area (Å²) in [6.45, 7) is 3.56. The molecule has 1 aliphatic rings. The van der Waals surface area contributed by atoms with Crippen LogP contribution in [0.4, 0.5) is 15.6 Å². The van der Waals surface area contributed by atoms with Gasteiger partial charge in [0.25, 0.3) is 0 Å².